The second-order valence-corrected chi connectivity index (χ2v) is 5.93. The van der Waals surface area contributed by atoms with Crippen molar-refractivity contribution in [3.63, 3.8) is 0 Å². The molecule has 1 atom stereocenters. The second kappa shape index (κ2) is 8.72. The molecule has 0 aliphatic carbocycles. The Kier molecular flexibility index (Phi) is 6.13. The molecule has 2 heterocycles. The quantitative estimate of drug-likeness (QED) is 0.759. The van der Waals surface area contributed by atoms with Crippen LogP contribution in [0.2, 0.25) is 0 Å². The third-order valence-corrected chi connectivity index (χ3v) is 4.10. The highest BCUT2D eigenvalue weighted by Gasteiger charge is 2.30. The average Bonchev–Trinajstić information content (AvgIpc) is 3.30. The van der Waals surface area contributed by atoms with Gasteiger partial charge in [-0.25, -0.2) is 9.18 Å². The van der Waals surface area contributed by atoms with Crippen LogP contribution in [0.25, 0.3) is 0 Å². The number of halogens is 1. The normalized spacial score (nSPS) is 16.8. The van der Waals surface area contributed by atoms with Crippen molar-refractivity contribution < 1.29 is 23.2 Å². The number of ether oxygens (including phenoxy) is 2. The molecule has 3 rings (SSSR count). The number of nitrogens with zero attached hydrogens (tertiary/aromatic N) is 3. The van der Waals surface area contributed by atoms with Gasteiger partial charge >= 0.3 is 6.03 Å². The molecule has 1 aromatic heterocycles. The minimum atomic E-state index is -0.465. The van der Waals surface area contributed by atoms with E-state index in [1.165, 1.54) is 12.1 Å². The zero-order valence-corrected chi connectivity index (χ0v) is 14.5. The summed E-state index contributed by atoms with van der Waals surface area (Å²) in [6.45, 7) is 2.15. The van der Waals surface area contributed by atoms with Crippen LogP contribution in [0, 0.1) is 5.82 Å². The van der Waals surface area contributed by atoms with E-state index in [2.05, 4.69) is 15.5 Å². The molecule has 26 heavy (non-hydrogen) atoms. The lowest BCUT2D eigenvalue weighted by Crippen LogP contribution is -2.33. The van der Waals surface area contributed by atoms with Crippen molar-refractivity contribution in [1.29, 1.82) is 0 Å². The molecular weight excluding hydrogens is 343 g/mol. The Morgan fingerprint density at radius 3 is 3.08 bits per heavy atom. The van der Waals surface area contributed by atoms with Gasteiger partial charge in [0, 0.05) is 26.1 Å². The van der Waals surface area contributed by atoms with Crippen molar-refractivity contribution in [3.8, 4) is 0 Å². The molecule has 2 amide bonds. The van der Waals surface area contributed by atoms with Crippen LogP contribution in [-0.2, 0) is 16.1 Å². The van der Waals surface area contributed by atoms with E-state index >= 15 is 0 Å². The monoisotopic (exact) mass is 364 g/mol. The molecule has 1 aromatic carbocycles. The van der Waals surface area contributed by atoms with E-state index in [0.29, 0.717) is 44.4 Å². The van der Waals surface area contributed by atoms with Gasteiger partial charge in [0.1, 0.15) is 12.4 Å². The van der Waals surface area contributed by atoms with Crippen LogP contribution in [0.5, 0.6) is 0 Å². The standard InChI is InChI=1S/C17H21FN4O4/c1-24-8-9-25-11-15-20-16(21-26-15)12-6-7-22(10-12)17(23)19-14-5-3-2-4-13(14)18/h2-5,12H,6-11H2,1H3,(H,19,23). The van der Waals surface area contributed by atoms with Crippen LogP contribution in [0.4, 0.5) is 14.9 Å². The molecule has 9 heteroatoms. The number of hydrogen-bond acceptors (Lipinski definition) is 6. The van der Waals surface area contributed by atoms with Gasteiger partial charge in [-0.15, -0.1) is 0 Å². The molecule has 0 spiro atoms. The lowest BCUT2D eigenvalue weighted by molar-refractivity contribution is 0.0494. The van der Waals surface area contributed by atoms with Crippen molar-refractivity contribution in [3.05, 3.63) is 41.8 Å². The number of anilines is 1. The Bertz CT molecular complexity index is 739. The highest BCUT2D eigenvalue weighted by Crippen LogP contribution is 2.26. The number of benzene rings is 1. The van der Waals surface area contributed by atoms with E-state index in [1.807, 2.05) is 0 Å². The average molecular weight is 364 g/mol. The van der Waals surface area contributed by atoms with E-state index in [9.17, 15) is 9.18 Å². The number of methoxy groups -OCH3 is 1. The summed E-state index contributed by atoms with van der Waals surface area (Å²) in [5.41, 5.74) is 0.163. The maximum atomic E-state index is 13.6. The van der Waals surface area contributed by atoms with Gasteiger partial charge in [-0.1, -0.05) is 17.3 Å². The molecule has 1 fully saturated rings. The molecule has 140 valence electrons. The van der Waals surface area contributed by atoms with Gasteiger partial charge in [0.15, 0.2) is 5.82 Å². The largest absolute Gasteiger partial charge is 0.382 e. The highest BCUT2D eigenvalue weighted by molar-refractivity contribution is 5.89. The van der Waals surface area contributed by atoms with Crippen LogP contribution in [0.1, 0.15) is 24.1 Å². The van der Waals surface area contributed by atoms with E-state index in [0.717, 1.165) is 0 Å². The van der Waals surface area contributed by atoms with Crippen molar-refractivity contribution in [2.75, 3.05) is 38.7 Å². The summed E-state index contributed by atoms with van der Waals surface area (Å²) < 4.78 is 29.0. The van der Waals surface area contributed by atoms with Gasteiger partial charge in [0.2, 0.25) is 0 Å². The fraction of sp³-hybridized carbons (Fsp3) is 0.471. The summed E-state index contributed by atoms with van der Waals surface area (Å²) >= 11 is 0. The number of rotatable bonds is 7. The van der Waals surface area contributed by atoms with Crippen LogP contribution in [0.3, 0.4) is 0 Å². The smallest absolute Gasteiger partial charge is 0.321 e. The van der Waals surface area contributed by atoms with Gasteiger partial charge < -0.3 is 24.2 Å². The van der Waals surface area contributed by atoms with Gasteiger partial charge in [-0.3, -0.25) is 0 Å². The molecule has 1 unspecified atom stereocenters. The number of para-hydroxylation sites is 1. The van der Waals surface area contributed by atoms with Crippen LogP contribution < -0.4 is 5.32 Å². The Balaban J connectivity index is 1.51. The van der Waals surface area contributed by atoms with E-state index in [1.54, 1.807) is 24.1 Å². The number of urea groups is 1. The van der Waals surface area contributed by atoms with E-state index < -0.39 is 5.82 Å². The Morgan fingerprint density at radius 1 is 1.42 bits per heavy atom. The third-order valence-electron chi connectivity index (χ3n) is 4.10. The first-order valence-corrected chi connectivity index (χ1v) is 8.37. The number of carbonyl (C=O) groups excluding carboxylic acids is 1. The minimum Gasteiger partial charge on any atom is -0.382 e. The van der Waals surface area contributed by atoms with Crippen LogP contribution in [-0.4, -0.2) is 54.5 Å². The summed E-state index contributed by atoms with van der Waals surface area (Å²) in [5, 5.41) is 6.56. The first kappa shape index (κ1) is 18.3. The van der Waals surface area contributed by atoms with Crippen molar-refractivity contribution in [1.82, 2.24) is 15.0 Å². The fourth-order valence-electron chi connectivity index (χ4n) is 2.71. The lowest BCUT2D eigenvalue weighted by atomic mass is 10.1. The molecule has 0 saturated carbocycles. The highest BCUT2D eigenvalue weighted by atomic mass is 19.1. The Labute approximate surface area is 150 Å². The van der Waals surface area contributed by atoms with Gasteiger partial charge in [0.05, 0.1) is 18.9 Å². The molecule has 2 aromatic rings. The number of amides is 2. The molecule has 1 N–H and O–H groups in total. The minimum absolute atomic E-state index is 0.0159. The lowest BCUT2D eigenvalue weighted by Gasteiger charge is -2.17. The summed E-state index contributed by atoms with van der Waals surface area (Å²) in [6.07, 6.45) is 0.716. The maximum absolute atomic E-state index is 13.6. The summed E-state index contributed by atoms with van der Waals surface area (Å²) in [5.74, 6) is 0.465. The van der Waals surface area contributed by atoms with Crippen molar-refractivity contribution in [2.45, 2.75) is 18.9 Å². The van der Waals surface area contributed by atoms with Gasteiger partial charge in [-0.05, 0) is 18.6 Å². The fourth-order valence-corrected chi connectivity index (χ4v) is 2.71. The number of likely N-dealkylation sites (tertiary alicyclic amines) is 1. The number of nitrogens with one attached hydrogen (secondary N) is 1. The summed E-state index contributed by atoms with van der Waals surface area (Å²) in [4.78, 5) is 18.2. The summed E-state index contributed by atoms with van der Waals surface area (Å²) in [7, 11) is 1.60. The SMILES string of the molecule is COCCOCc1nc(C2CCN(C(=O)Nc3ccccc3F)C2)no1. The Morgan fingerprint density at radius 2 is 2.27 bits per heavy atom. The summed E-state index contributed by atoms with van der Waals surface area (Å²) in [6, 6.07) is 5.72. The third kappa shape index (κ3) is 4.55. The van der Waals surface area contributed by atoms with Crippen molar-refractivity contribution in [2.24, 2.45) is 0 Å². The first-order chi connectivity index (χ1) is 12.7. The molecule has 1 saturated heterocycles. The van der Waals surface area contributed by atoms with E-state index in [-0.39, 0.29) is 24.2 Å². The molecule has 8 nitrogen and oxygen atoms in total. The zero-order chi connectivity index (χ0) is 18.4. The molecular formula is C17H21FN4O4. The molecule has 1 aliphatic rings. The first-order valence-electron chi connectivity index (χ1n) is 8.37. The topological polar surface area (TPSA) is 89.7 Å². The van der Waals surface area contributed by atoms with Gasteiger partial charge in [-0.2, -0.15) is 4.98 Å². The number of carbonyl (C=O) groups is 1. The zero-order valence-electron chi connectivity index (χ0n) is 14.5. The number of aromatic nitrogens is 2. The van der Waals surface area contributed by atoms with Gasteiger partial charge in [0.25, 0.3) is 5.89 Å². The molecule has 1 aliphatic heterocycles. The maximum Gasteiger partial charge on any atom is 0.321 e. The molecule has 0 bridgehead atoms. The Hall–Kier alpha value is -2.52. The second-order valence-electron chi connectivity index (χ2n) is 5.93. The predicted octanol–water partition coefficient (Wildman–Crippen LogP) is 2.39. The molecule has 0 radical (unpaired) electrons. The van der Waals surface area contributed by atoms with Crippen LogP contribution >= 0.6 is 0 Å². The van der Waals surface area contributed by atoms with Crippen molar-refractivity contribution >= 4 is 11.7 Å². The number of hydrogen-bond donors (Lipinski definition) is 1. The van der Waals surface area contributed by atoms with Crippen LogP contribution in [0.15, 0.2) is 28.8 Å². The predicted molar refractivity (Wildman–Crippen MR) is 90.2 cm³/mol. The van der Waals surface area contributed by atoms with E-state index in [4.69, 9.17) is 14.0 Å².